The number of carbonyl (C=O) groups is 3. The lowest BCUT2D eigenvalue weighted by Crippen LogP contribution is -2.59. The van der Waals surface area contributed by atoms with Crippen molar-refractivity contribution in [3.8, 4) is 28.7 Å². The van der Waals surface area contributed by atoms with Crippen LogP contribution in [-0.2, 0) is 23.2 Å². The summed E-state index contributed by atoms with van der Waals surface area (Å²) in [6, 6.07) is 6.77. The van der Waals surface area contributed by atoms with Crippen LogP contribution < -0.4 is 29.0 Å². The van der Waals surface area contributed by atoms with E-state index < -0.39 is 29.0 Å². The Hall–Kier alpha value is -4.51. The van der Waals surface area contributed by atoms with Gasteiger partial charge < -0.3 is 33.6 Å². The number of allylic oxidation sites excluding steroid dienone is 1. The lowest BCUT2D eigenvalue weighted by molar-refractivity contribution is -0.131. The van der Waals surface area contributed by atoms with Gasteiger partial charge in [-0.2, -0.15) is 0 Å². The molecule has 3 aliphatic rings. The third kappa shape index (κ3) is 4.32. The van der Waals surface area contributed by atoms with Crippen molar-refractivity contribution < 1.29 is 38.1 Å². The number of aryl methyl sites for hydroxylation is 1. The molecule has 0 unspecified atom stereocenters. The summed E-state index contributed by atoms with van der Waals surface area (Å²) in [4.78, 5) is 45.9. The maximum absolute atomic E-state index is 14.6. The van der Waals surface area contributed by atoms with Crippen molar-refractivity contribution in [2.45, 2.75) is 37.9 Å². The van der Waals surface area contributed by atoms with Crippen LogP contribution in [0.5, 0.6) is 28.7 Å². The van der Waals surface area contributed by atoms with Crippen molar-refractivity contribution in [1.29, 1.82) is 0 Å². The SMILES string of the molecule is COc1cc([C@H]2CC(=O)NC3=C2C(=O)[C@@]2(Oc4c(Cl)c(OC)cc(OC)c4C2=O)[C@H](C)C3)ccc1OCc1nccn1C. The molecule has 3 atom stereocenters. The molecule has 12 heteroatoms. The van der Waals surface area contributed by atoms with Crippen molar-refractivity contribution in [1.82, 2.24) is 14.9 Å². The Balaban J connectivity index is 1.39. The van der Waals surface area contributed by atoms with Crippen molar-refractivity contribution in [2.24, 2.45) is 13.0 Å². The van der Waals surface area contributed by atoms with Crippen LogP contribution in [0, 0.1) is 5.92 Å². The van der Waals surface area contributed by atoms with E-state index in [0.717, 1.165) is 5.82 Å². The van der Waals surface area contributed by atoms with Gasteiger partial charge in [0.2, 0.25) is 23.1 Å². The summed E-state index contributed by atoms with van der Waals surface area (Å²) in [5, 5.41) is 2.94. The number of hydrogen-bond donors (Lipinski definition) is 1. The average molecular weight is 608 g/mol. The molecule has 224 valence electrons. The van der Waals surface area contributed by atoms with Crippen LogP contribution >= 0.6 is 11.6 Å². The van der Waals surface area contributed by atoms with E-state index in [1.807, 2.05) is 17.8 Å². The van der Waals surface area contributed by atoms with Gasteiger partial charge in [-0.3, -0.25) is 14.4 Å². The molecule has 0 fully saturated rings. The molecule has 1 N–H and O–H groups in total. The first-order chi connectivity index (χ1) is 20.6. The first-order valence-electron chi connectivity index (χ1n) is 13.7. The van der Waals surface area contributed by atoms with E-state index in [4.69, 9.17) is 35.3 Å². The quantitative estimate of drug-likeness (QED) is 0.394. The second-order valence-electron chi connectivity index (χ2n) is 10.8. The van der Waals surface area contributed by atoms with Gasteiger partial charge in [-0.25, -0.2) is 4.98 Å². The predicted molar refractivity (Wildman–Crippen MR) is 154 cm³/mol. The minimum Gasteiger partial charge on any atom is -0.496 e. The van der Waals surface area contributed by atoms with E-state index in [0.29, 0.717) is 28.3 Å². The van der Waals surface area contributed by atoms with E-state index in [1.54, 1.807) is 31.3 Å². The fraction of sp³-hybridized carbons (Fsp3) is 0.355. The number of ether oxygens (including phenoxy) is 5. The maximum atomic E-state index is 14.6. The molecule has 43 heavy (non-hydrogen) atoms. The first-order valence-corrected chi connectivity index (χ1v) is 14.0. The summed E-state index contributed by atoms with van der Waals surface area (Å²) in [7, 11) is 6.24. The molecule has 0 saturated heterocycles. The molecule has 1 spiro atoms. The zero-order chi connectivity index (χ0) is 30.6. The van der Waals surface area contributed by atoms with Gasteiger partial charge in [-0.1, -0.05) is 24.6 Å². The Bertz CT molecular complexity index is 1710. The largest absolute Gasteiger partial charge is 0.496 e. The zero-order valence-corrected chi connectivity index (χ0v) is 25.0. The van der Waals surface area contributed by atoms with Crippen molar-refractivity contribution in [3.05, 3.63) is 69.9 Å². The average Bonchev–Trinajstić information content (AvgIpc) is 3.55. The van der Waals surface area contributed by atoms with Crippen molar-refractivity contribution in [2.75, 3.05) is 21.3 Å². The lowest BCUT2D eigenvalue weighted by atomic mass is 9.66. The third-order valence-electron chi connectivity index (χ3n) is 8.43. The van der Waals surface area contributed by atoms with Gasteiger partial charge in [0.15, 0.2) is 17.2 Å². The summed E-state index contributed by atoms with van der Waals surface area (Å²) in [5.41, 5.74) is -0.363. The number of amides is 1. The van der Waals surface area contributed by atoms with Crippen molar-refractivity contribution in [3.63, 3.8) is 0 Å². The lowest BCUT2D eigenvalue weighted by Gasteiger charge is -2.41. The van der Waals surface area contributed by atoms with Crippen LogP contribution in [0.4, 0.5) is 0 Å². The van der Waals surface area contributed by atoms with Crippen molar-refractivity contribution >= 4 is 29.1 Å². The molecule has 1 aliphatic carbocycles. The third-order valence-corrected chi connectivity index (χ3v) is 8.78. The first kappa shape index (κ1) is 28.6. The van der Waals surface area contributed by atoms with Gasteiger partial charge in [-0.05, 0) is 24.1 Å². The fourth-order valence-electron chi connectivity index (χ4n) is 6.17. The van der Waals surface area contributed by atoms with Crippen LogP contribution in [0.3, 0.4) is 0 Å². The molecule has 3 aromatic rings. The molecule has 0 saturated carbocycles. The smallest absolute Gasteiger partial charge is 0.236 e. The second kappa shape index (κ2) is 10.6. The van der Waals surface area contributed by atoms with Gasteiger partial charge in [0.05, 0.1) is 21.3 Å². The van der Waals surface area contributed by atoms with Crippen LogP contribution in [0.1, 0.15) is 47.4 Å². The number of aromatic nitrogens is 2. The number of methoxy groups -OCH3 is 3. The summed E-state index contributed by atoms with van der Waals surface area (Å²) < 4.78 is 30.6. The molecule has 0 bridgehead atoms. The number of Topliss-reactive ketones (excluding diaryl/α,β-unsaturated/α-hetero) is 2. The van der Waals surface area contributed by atoms with Crippen LogP contribution in [-0.4, -0.2) is 54.0 Å². The monoisotopic (exact) mass is 607 g/mol. The molecule has 2 aliphatic heterocycles. The predicted octanol–water partition coefficient (Wildman–Crippen LogP) is 4.16. The molecule has 11 nitrogen and oxygen atoms in total. The summed E-state index contributed by atoms with van der Waals surface area (Å²) >= 11 is 6.57. The minimum atomic E-state index is -1.89. The number of ketones is 2. The maximum Gasteiger partial charge on any atom is 0.236 e. The number of nitrogens with one attached hydrogen (secondary N) is 1. The van der Waals surface area contributed by atoms with Crippen LogP contribution in [0.25, 0.3) is 0 Å². The number of rotatable bonds is 7. The van der Waals surface area contributed by atoms with E-state index in [-0.39, 0.29) is 53.2 Å². The Morgan fingerprint density at radius 1 is 1.02 bits per heavy atom. The molecule has 3 heterocycles. The standard InChI is InChI=1S/C31H30ClN3O8/c1-15-10-18-25(29(37)31(15)30(38)26-21(40-4)13-22(41-5)27(32)28(26)43-31)17(12-24(36)34-18)16-6-7-19(20(11-16)39-3)42-14-23-33-8-9-35(23)2/h6-9,11,13,15,17H,10,12,14H2,1-5H3,(H,34,36)/t15-,17-,31+/m1/s1. The van der Waals surface area contributed by atoms with E-state index in [2.05, 4.69) is 10.3 Å². The molecular formula is C31H30ClN3O8. The summed E-state index contributed by atoms with van der Waals surface area (Å²) in [5.74, 6) is -0.475. The molecule has 0 radical (unpaired) electrons. The van der Waals surface area contributed by atoms with Crippen LogP contribution in [0.2, 0.25) is 5.02 Å². The zero-order valence-electron chi connectivity index (χ0n) is 24.3. The van der Waals surface area contributed by atoms with Gasteiger partial charge in [0.1, 0.15) is 34.5 Å². The number of nitrogens with zero attached hydrogens (tertiary/aromatic N) is 2. The Morgan fingerprint density at radius 2 is 1.77 bits per heavy atom. The Labute approximate surface area is 252 Å². The molecule has 6 rings (SSSR count). The number of benzene rings is 2. The highest BCUT2D eigenvalue weighted by Gasteiger charge is 2.63. The second-order valence-corrected chi connectivity index (χ2v) is 11.1. The molecule has 1 amide bonds. The number of carbonyl (C=O) groups excluding carboxylic acids is 3. The number of fused-ring (bicyclic) bond motifs is 1. The normalized spacial score (nSPS) is 22.6. The number of hydrogen-bond acceptors (Lipinski definition) is 9. The Kier molecular flexibility index (Phi) is 7.08. The highest BCUT2D eigenvalue weighted by Crippen LogP contribution is 2.55. The molecule has 1 aromatic heterocycles. The van der Waals surface area contributed by atoms with E-state index in [1.165, 1.54) is 27.4 Å². The van der Waals surface area contributed by atoms with Crippen LogP contribution in [0.15, 0.2) is 47.9 Å². The van der Waals surface area contributed by atoms with E-state index >= 15 is 0 Å². The molecule has 2 aromatic carbocycles. The number of halogens is 1. The van der Waals surface area contributed by atoms with Gasteiger partial charge in [-0.15, -0.1) is 0 Å². The van der Waals surface area contributed by atoms with E-state index in [9.17, 15) is 14.4 Å². The van der Waals surface area contributed by atoms with Gasteiger partial charge in [0.25, 0.3) is 0 Å². The minimum absolute atomic E-state index is 0.00922. The highest BCUT2D eigenvalue weighted by molar-refractivity contribution is 6.36. The highest BCUT2D eigenvalue weighted by atomic mass is 35.5. The number of imidazole rings is 1. The van der Waals surface area contributed by atoms with Gasteiger partial charge in [0, 0.05) is 55.0 Å². The summed E-state index contributed by atoms with van der Waals surface area (Å²) in [6.45, 7) is 1.96. The Morgan fingerprint density at radius 3 is 2.44 bits per heavy atom. The molecular weight excluding hydrogens is 578 g/mol. The van der Waals surface area contributed by atoms with Gasteiger partial charge >= 0.3 is 0 Å². The fourth-order valence-corrected chi connectivity index (χ4v) is 6.44. The topological polar surface area (TPSA) is 127 Å². The summed E-state index contributed by atoms with van der Waals surface area (Å²) in [6.07, 6.45) is 3.73.